The highest BCUT2D eigenvalue weighted by Crippen LogP contribution is 1.80. The summed E-state index contributed by atoms with van der Waals surface area (Å²) in [7, 11) is 0. The third kappa shape index (κ3) is 3.61. The molecule has 0 spiro atoms. The quantitative estimate of drug-likeness (QED) is 0.427. The fourth-order valence-corrected chi connectivity index (χ4v) is 0.292. The minimum absolute atomic E-state index is 0.159. The predicted octanol–water partition coefficient (Wildman–Crippen LogP) is 0.611. The van der Waals surface area contributed by atoms with E-state index in [-0.39, 0.29) is 6.61 Å². The van der Waals surface area contributed by atoms with E-state index >= 15 is 0 Å². The molecule has 50 valence electrons. The van der Waals surface area contributed by atoms with Gasteiger partial charge < -0.3 is 5.11 Å². The number of rotatable bonds is 2. The van der Waals surface area contributed by atoms with Crippen molar-refractivity contribution in [1.82, 2.24) is 0 Å². The summed E-state index contributed by atoms with van der Waals surface area (Å²) >= 11 is 0. The Kier molecular flexibility index (Phi) is 4.63. The first-order valence-electron chi connectivity index (χ1n) is 2.60. The lowest BCUT2D eigenvalue weighted by Crippen LogP contribution is -1.97. The van der Waals surface area contributed by atoms with E-state index in [1.54, 1.807) is 12.3 Å². The lowest BCUT2D eigenvalue weighted by Gasteiger charge is -1.87. The zero-order chi connectivity index (χ0) is 7.11. The minimum Gasteiger partial charge on any atom is -0.388 e. The molecular formula is C6H10N2O. The number of allylic oxidation sites excluding steroid dienone is 1. The van der Waals surface area contributed by atoms with Crippen LogP contribution in [-0.2, 0) is 0 Å². The van der Waals surface area contributed by atoms with E-state index < -0.39 is 0 Å². The number of hydrogen-bond acceptors (Lipinski definition) is 2. The van der Waals surface area contributed by atoms with Crippen LogP contribution in [0.4, 0.5) is 0 Å². The molecule has 9 heavy (non-hydrogen) atoms. The molecule has 0 amide bonds. The molecular weight excluding hydrogens is 116 g/mol. The molecule has 0 aliphatic heterocycles. The van der Waals surface area contributed by atoms with Crippen LogP contribution in [0.25, 0.3) is 0 Å². The summed E-state index contributed by atoms with van der Waals surface area (Å²) in [5.74, 6) is 0.341. The van der Waals surface area contributed by atoms with Gasteiger partial charge in [0, 0.05) is 6.20 Å². The van der Waals surface area contributed by atoms with E-state index in [1.165, 1.54) is 0 Å². The number of nitrogens with zero attached hydrogens (tertiary/aromatic N) is 2. The summed E-state index contributed by atoms with van der Waals surface area (Å²) in [6.45, 7) is 4.89. The van der Waals surface area contributed by atoms with Gasteiger partial charge in [-0.1, -0.05) is 6.08 Å². The average Bonchev–Trinajstić information content (AvgIpc) is 1.91. The topological polar surface area (TPSA) is 45.0 Å². The van der Waals surface area contributed by atoms with Crippen molar-refractivity contribution in [3.63, 3.8) is 0 Å². The number of aliphatic hydroxyl groups is 1. The van der Waals surface area contributed by atoms with Crippen LogP contribution < -0.4 is 0 Å². The summed E-state index contributed by atoms with van der Waals surface area (Å²) in [5, 5.41) is 8.45. The van der Waals surface area contributed by atoms with Crippen LogP contribution in [0.5, 0.6) is 0 Å². The first-order chi connectivity index (χ1) is 4.35. The Morgan fingerprint density at radius 1 is 1.78 bits per heavy atom. The van der Waals surface area contributed by atoms with Crippen molar-refractivity contribution in [2.75, 3.05) is 6.61 Å². The van der Waals surface area contributed by atoms with E-state index in [2.05, 4.69) is 16.7 Å². The fraction of sp³-hybridized carbons (Fsp3) is 0.333. The monoisotopic (exact) mass is 126 g/mol. The number of amidine groups is 1. The van der Waals surface area contributed by atoms with E-state index in [0.29, 0.717) is 5.84 Å². The standard InChI is InChI=1S/C6H10N2O/c1-3-4-8-6(5-9)7-2/h3-4,9H,2,5H2,1H3/b4-3-,8-6-. The van der Waals surface area contributed by atoms with E-state index in [4.69, 9.17) is 5.11 Å². The molecule has 0 heterocycles. The van der Waals surface area contributed by atoms with Crippen molar-refractivity contribution < 1.29 is 5.11 Å². The maximum atomic E-state index is 8.45. The van der Waals surface area contributed by atoms with Crippen LogP contribution in [0.15, 0.2) is 22.3 Å². The normalized spacial score (nSPS) is 12.4. The number of hydrogen-bond donors (Lipinski definition) is 1. The number of aliphatic hydroxyl groups excluding tert-OH is 1. The van der Waals surface area contributed by atoms with E-state index in [0.717, 1.165) is 0 Å². The van der Waals surface area contributed by atoms with Gasteiger partial charge in [0.15, 0.2) is 5.84 Å². The largest absolute Gasteiger partial charge is 0.388 e. The van der Waals surface area contributed by atoms with Gasteiger partial charge in [0.25, 0.3) is 0 Å². The van der Waals surface area contributed by atoms with Crippen molar-refractivity contribution in [3.8, 4) is 0 Å². The zero-order valence-corrected chi connectivity index (χ0v) is 5.41. The first kappa shape index (κ1) is 8.04. The van der Waals surface area contributed by atoms with Crippen LogP contribution in [0.2, 0.25) is 0 Å². The van der Waals surface area contributed by atoms with Gasteiger partial charge >= 0.3 is 0 Å². The van der Waals surface area contributed by atoms with Gasteiger partial charge in [-0.2, -0.15) is 0 Å². The molecule has 0 bridgehead atoms. The molecule has 0 aliphatic rings. The Labute approximate surface area is 54.5 Å². The summed E-state index contributed by atoms with van der Waals surface area (Å²) in [6, 6.07) is 0. The SMILES string of the molecule is C=N/C(CO)=N\C=C/C. The minimum atomic E-state index is -0.159. The van der Waals surface area contributed by atoms with E-state index in [1.807, 2.05) is 6.92 Å². The molecule has 0 aromatic heterocycles. The first-order valence-corrected chi connectivity index (χ1v) is 2.60. The molecule has 0 aromatic carbocycles. The van der Waals surface area contributed by atoms with Gasteiger partial charge in [0.05, 0.1) is 0 Å². The Morgan fingerprint density at radius 2 is 2.44 bits per heavy atom. The molecule has 3 heteroatoms. The Hall–Kier alpha value is -0.960. The second-order valence-corrected chi connectivity index (χ2v) is 1.34. The van der Waals surface area contributed by atoms with Crippen LogP contribution in [0, 0.1) is 0 Å². The molecule has 0 saturated carbocycles. The Balaban J connectivity index is 3.90. The van der Waals surface area contributed by atoms with Crippen molar-refractivity contribution in [3.05, 3.63) is 12.3 Å². The third-order valence-corrected chi connectivity index (χ3v) is 0.697. The Morgan fingerprint density at radius 3 is 2.78 bits per heavy atom. The number of aliphatic imine (C=N–C) groups is 2. The molecule has 0 unspecified atom stereocenters. The molecule has 3 nitrogen and oxygen atoms in total. The third-order valence-electron chi connectivity index (χ3n) is 0.697. The molecule has 0 rings (SSSR count). The smallest absolute Gasteiger partial charge is 0.152 e. The van der Waals surface area contributed by atoms with Crippen LogP contribution in [0.1, 0.15) is 6.92 Å². The maximum Gasteiger partial charge on any atom is 0.152 e. The van der Waals surface area contributed by atoms with Gasteiger partial charge in [-0.05, 0) is 13.6 Å². The highest BCUT2D eigenvalue weighted by atomic mass is 16.3. The van der Waals surface area contributed by atoms with E-state index in [9.17, 15) is 0 Å². The molecule has 0 radical (unpaired) electrons. The molecule has 0 aromatic rings. The van der Waals surface area contributed by atoms with Gasteiger partial charge in [0.1, 0.15) is 6.61 Å². The Bertz CT molecular complexity index is 138. The average molecular weight is 126 g/mol. The lowest BCUT2D eigenvalue weighted by molar-refractivity contribution is 0.356. The lowest BCUT2D eigenvalue weighted by atomic mass is 10.6. The van der Waals surface area contributed by atoms with Gasteiger partial charge in [0.2, 0.25) is 0 Å². The highest BCUT2D eigenvalue weighted by Gasteiger charge is 1.84. The predicted molar refractivity (Wildman–Crippen MR) is 38.9 cm³/mol. The van der Waals surface area contributed by atoms with Crippen LogP contribution in [0.3, 0.4) is 0 Å². The zero-order valence-electron chi connectivity index (χ0n) is 5.41. The van der Waals surface area contributed by atoms with Crippen molar-refractivity contribution >= 4 is 12.6 Å². The van der Waals surface area contributed by atoms with Gasteiger partial charge in [-0.15, -0.1) is 0 Å². The van der Waals surface area contributed by atoms with Crippen LogP contribution in [-0.4, -0.2) is 24.3 Å². The molecule has 0 atom stereocenters. The second-order valence-electron chi connectivity index (χ2n) is 1.34. The molecule has 0 aliphatic carbocycles. The summed E-state index contributed by atoms with van der Waals surface area (Å²) < 4.78 is 0. The molecule has 0 fully saturated rings. The summed E-state index contributed by atoms with van der Waals surface area (Å²) in [5.41, 5.74) is 0. The maximum absolute atomic E-state index is 8.45. The summed E-state index contributed by atoms with van der Waals surface area (Å²) in [6.07, 6.45) is 3.31. The second kappa shape index (κ2) is 5.18. The van der Waals surface area contributed by atoms with Crippen molar-refractivity contribution in [1.29, 1.82) is 0 Å². The van der Waals surface area contributed by atoms with Crippen molar-refractivity contribution in [2.24, 2.45) is 9.98 Å². The van der Waals surface area contributed by atoms with Gasteiger partial charge in [-0.25, -0.2) is 9.98 Å². The molecule has 0 saturated heterocycles. The van der Waals surface area contributed by atoms with Crippen LogP contribution >= 0.6 is 0 Å². The van der Waals surface area contributed by atoms with Crippen molar-refractivity contribution in [2.45, 2.75) is 6.92 Å². The molecule has 1 N–H and O–H groups in total. The highest BCUT2D eigenvalue weighted by molar-refractivity contribution is 5.87. The van der Waals surface area contributed by atoms with Gasteiger partial charge in [-0.3, -0.25) is 0 Å². The fourth-order valence-electron chi connectivity index (χ4n) is 0.292. The summed E-state index contributed by atoms with van der Waals surface area (Å²) in [4.78, 5) is 7.18.